The molecule has 2 unspecified atom stereocenters. The molecule has 4 nitrogen and oxygen atoms in total. The first kappa shape index (κ1) is 9.03. The van der Waals surface area contributed by atoms with Crippen LogP contribution < -0.4 is 5.32 Å². The van der Waals surface area contributed by atoms with E-state index in [2.05, 4.69) is 5.32 Å². The van der Waals surface area contributed by atoms with Crippen molar-refractivity contribution in [3.63, 3.8) is 0 Å². The summed E-state index contributed by atoms with van der Waals surface area (Å²) in [6, 6.07) is -0.330. The van der Waals surface area contributed by atoms with Crippen molar-refractivity contribution in [1.82, 2.24) is 10.2 Å². The summed E-state index contributed by atoms with van der Waals surface area (Å²) in [6.45, 7) is 3.81. The monoisotopic (exact) mass is 170 g/mol. The standard InChI is InChI=1S/C8H14N2O2/c1-4-6-5(2)9-8(12)10(3)7(6)11/h5-6H,4H2,1-3H3,(H,9,12). The van der Waals surface area contributed by atoms with E-state index in [9.17, 15) is 9.59 Å². The molecule has 0 bridgehead atoms. The lowest BCUT2D eigenvalue weighted by molar-refractivity contribution is -0.134. The van der Waals surface area contributed by atoms with Crippen LogP contribution in [0.3, 0.4) is 0 Å². The summed E-state index contributed by atoms with van der Waals surface area (Å²) in [5.41, 5.74) is 0. The second kappa shape index (κ2) is 3.13. The number of nitrogens with zero attached hydrogens (tertiary/aromatic N) is 1. The topological polar surface area (TPSA) is 49.4 Å². The smallest absolute Gasteiger partial charge is 0.324 e. The molecule has 68 valence electrons. The number of hydrogen-bond acceptors (Lipinski definition) is 2. The molecule has 1 heterocycles. The molecule has 0 aromatic rings. The molecule has 0 spiro atoms. The van der Waals surface area contributed by atoms with Gasteiger partial charge in [-0.1, -0.05) is 6.92 Å². The van der Waals surface area contributed by atoms with Gasteiger partial charge in [0.05, 0.1) is 5.92 Å². The molecule has 0 aromatic heterocycles. The fraction of sp³-hybridized carbons (Fsp3) is 0.750. The molecule has 1 N–H and O–H groups in total. The zero-order valence-electron chi connectivity index (χ0n) is 7.63. The van der Waals surface area contributed by atoms with Crippen molar-refractivity contribution in [2.24, 2.45) is 5.92 Å². The summed E-state index contributed by atoms with van der Waals surface area (Å²) >= 11 is 0. The fourth-order valence-electron chi connectivity index (χ4n) is 1.48. The minimum atomic E-state index is -0.294. The van der Waals surface area contributed by atoms with Gasteiger partial charge in [-0.2, -0.15) is 0 Å². The molecular formula is C8H14N2O2. The average Bonchev–Trinajstić information content (AvgIpc) is 2.01. The van der Waals surface area contributed by atoms with Crippen LogP contribution in [0.4, 0.5) is 4.79 Å². The van der Waals surface area contributed by atoms with E-state index in [0.29, 0.717) is 0 Å². The number of imide groups is 1. The van der Waals surface area contributed by atoms with E-state index in [1.165, 1.54) is 7.05 Å². The Morgan fingerprint density at radius 1 is 1.50 bits per heavy atom. The van der Waals surface area contributed by atoms with Crippen molar-refractivity contribution >= 4 is 11.9 Å². The normalized spacial score (nSPS) is 30.4. The van der Waals surface area contributed by atoms with Gasteiger partial charge in [-0.25, -0.2) is 4.79 Å². The van der Waals surface area contributed by atoms with Crippen LogP contribution in [0, 0.1) is 5.92 Å². The predicted molar refractivity (Wildman–Crippen MR) is 44.5 cm³/mol. The third-order valence-corrected chi connectivity index (χ3v) is 2.35. The third-order valence-electron chi connectivity index (χ3n) is 2.35. The fourth-order valence-corrected chi connectivity index (χ4v) is 1.48. The summed E-state index contributed by atoms with van der Waals surface area (Å²) in [6.07, 6.45) is 0.768. The highest BCUT2D eigenvalue weighted by molar-refractivity contribution is 5.98. The summed E-state index contributed by atoms with van der Waals surface area (Å²) in [5.74, 6) is -0.138. The molecule has 1 aliphatic heterocycles. The Morgan fingerprint density at radius 2 is 2.08 bits per heavy atom. The molecule has 4 heteroatoms. The number of rotatable bonds is 1. The highest BCUT2D eigenvalue weighted by atomic mass is 16.2. The molecule has 12 heavy (non-hydrogen) atoms. The van der Waals surface area contributed by atoms with E-state index >= 15 is 0 Å². The van der Waals surface area contributed by atoms with E-state index in [-0.39, 0.29) is 23.9 Å². The van der Waals surface area contributed by atoms with Gasteiger partial charge in [0, 0.05) is 13.1 Å². The van der Waals surface area contributed by atoms with Gasteiger partial charge in [-0.15, -0.1) is 0 Å². The summed E-state index contributed by atoms with van der Waals surface area (Å²) < 4.78 is 0. The molecule has 0 saturated carbocycles. The highest BCUT2D eigenvalue weighted by Crippen LogP contribution is 2.16. The second-order valence-corrected chi connectivity index (χ2v) is 3.15. The zero-order valence-corrected chi connectivity index (χ0v) is 7.63. The van der Waals surface area contributed by atoms with Gasteiger partial charge >= 0.3 is 6.03 Å². The maximum Gasteiger partial charge on any atom is 0.324 e. The average molecular weight is 170 g/mol. The van der Waals surface area contributed by atoms with E-state index in [4.69, 9.17) is 0 Å². The Bertz CT molecular complexity index is 215. The SMILES string of the molecule is CCC1C(=O)N(C)C(=O)NC1C. The largest absolute Gasteiger partial charge is 0.334 e. The molecule has 1 aliphatic rings. The number of nitrogens with one attached hydrogen (secondary N) is 1. The van der Waals surface area contributed by atoms with Crippen molar-refractivity contribution in [2.45, 2.75) is 26.3 Å². The molecule has 3 amide bonds. The number of carbonyl (C=O) groups excluding carboxylic acids is 2. The van der Waals surface area contributed by atoms with E-state index in [1.807, 2.05) is 13.8 Å². The molecule has 0 aromatic carbocycles. The Kier molecular flexibility index (Phi) is 2.35. The first-order chi connectivity index (χ1) is 5.57. The van der Waals surface area contributed by atoms with Crippen molar-refractivity contribution < 1.29 is 9.59 Å². The molecule has 1 rings (SSSR count). The zero-order chi connectivity index (χ0) is 9.30. The van der Waals surface area contributed by atoms with Crippen LogP contribution in [0.25, 0.3) is 0 Å². The number of hydrogen-bond donors (Lipinski definition) is 1. The molecule has 2 atom stereocenters. The maximum atomic E-state index is 11.4. The second-order valence-electron chi connectivity index (χ2n) is 3.15. The Labute approximate surface area is 71.9 Å². The Morgan fingerprint density at radius 3 is 2.58 bits per heavy atom. The third kappa shape index (κ3) is 1.29. The van der Waals surface area contributed by atoms with Crippen LogP contribution in [0.5, 0.6) is 0 Å². The van der Waals surface area contributed by atoms with Crippen molar-refractivity contribution in [3.8, 4) is 0 Å². The van der Waals surface area contributed by atoms with Crippen LogP contribution in [0.1, 0.15) is 20.3 Å². The van der Waals surface area contributed by atoms with Gasteiger partial charge in [-0.05, 0) is 13.3 Å². The van der Waals surface area contributed by atoms with Gasteiger partial charge in [0.2, 0.25) is 5.91 Å². The number of urea groups is 1. The lowest BCUT2D eigenvalue weighted by Crippen LogP contribution is -2.57. The van der Waals surface area contributed by atoms with E-state index in [0.717, 1.165) is 11.3 Å². The maximum absolute atomic E-state index is 11.4. The van der Waals surface area contributed by atoms with E-state index < -0.39 is 0 Å². The minimum absolute atomic E-state index is 0.0359. The molecule has 1 fully saturated rings. The Balaban J connectivity index is 2.79. The van der Waals surface area contributed by atoms with Crippen LogP contribution >= 0.6 is 0 Å². The summed E-state index contributed by atoms with van der Waals surface area (Å²) in [4.78, 5) is 23.7. The van der Waals surface area contributed by atoms with Gasteiger partial charge in [0.15, 0.2) is 0 Å². The Hall–Kier alpha value is -1.06. The van der Waals surface area contributed by atoms with Crippen molar-refractivity contribution in [3.05, 3.63) is 0 Å². The first-order valence-electron chi connectivity index (χ1n) is 4.16. The van der Waals surface area contributed by atoms with Crippen molar-refractivity contribution in [1.29, 1.82) is 0 Å². The van der Waals surface area contributed by atoms with Crippen LogP contribution in [-0.4, -0.2) is 29.9 Å². The van der Waals surface area contributed by atoms with Crippen LogP contribution in [0.15, 0.2) is 0 Å². The molecule has 0 radical (unpaired) electrons. The van der Waals surface area contributed by atoms with Crippen LogP contribution in [-0.2, 0) is 4.79 Å². The van der Waals surface area contributed by atoms with Gasteiger partial charge in [0.1, 0.15) is 0 Å². The lowest BCUT2D eigenvalue weighted by atomic mass is 9.95. The summed E-state index contributed by atoms with van der Waals surface area (Å²) in [5, 5.41) is 2.73. The van der Waals surface area contributed by atoms with E-state index in [1.54, 1.807) is 0 Å². The van der Waals surface area contributed by atoms with Gasteiger partial charge in [0.25, 0.3) is 0 Å². The highest BCUT2D eigenvalue weighted by Gasteiger charge is 2.35. The minimum Gasteiger partial charge on any atom is -0.334 e. The number of amides is 3. The first-order valence-corrected chi connectivity index (χ1v) is 4.16. The molecule has 0 aliphatic carbocycles. The number of carbonyl (C=O) groups is 2. The van der Waals surface area contributed by atoms with Crippen LogP contribution in [0.2, 0.25) is 0 Å². The molecular weight excluding hydrogens is 156 g/mol. The summed E-state index contributed by atoms with van der Waals surface area (Å²) in [7, 11) is 1.51. The van der Waals surface area contributed by atoms with Gasteiger partial charge in [-0.3, -0.25) is 9.69 Å². The van der Waals surface area contributed by atoms with Crippen molar-refractivity contribution in [2.75, 3.05) is 7.05 Å². The quantitative estimate of drug-likeness (QED) is 0.626. The molecule has 1 saturated heterocycles. The van der Waals surface area contributed by atoms with Gasteiger partial charge < -0.3 is 5.32 Å². The predicted octanol–water partition coefficient (Wildman–Crippen LogP) is 0.583. The lowest BCUT2D eigenvalue weighted by Gasteiger charge is -2.33.